The molecule has 0 saturated heterocycles. The van der Waals surface area contributed by atoms with Crippen molar-refractivity contribution in [3.05, 3.63) is 75.9 Å². The van der Waals surface area contributed by atoms with Crippen molar-refractivity contribution in [2.75, 3.05) is 0 Å². The maximum atomic E-state index is 12.1. The molecule has 4 nitrogen and oxygen atoms in total. The first-order valence-electron chi connectivity index (χ1n) is 6.78. The Morgan fingerprint density at radius 2 is 1.74 bits per heavy atom. The number of carbonyl (C=O) groups excluding carboxylic acids is 1. The van der Waals surface area contributed by atoms with Crippen LogP contribution in [0.4, 0.5) is 0 Å². The van der Waals surface area contributed by atoms with Gasteiger partial charge >= 0.3 is 0 Å². The van der Waals surface area contributed by atoms with Crippen molar-refractivity contribution in [1.29, 1.82) is 0 Å². The van der Waals surface area contributed by atoms with Crippen LogP contribution in [0.3, 0.4) is 0 Å². The summed E-state index contributed by atoms with van der Waals surface area (Å²) >= 11 is 12.1. The normalized spacial score (nSPS) is 11.0. The Bertz CT molecular complexity index is 889. The third-order valence-corrected chi connectivity index (χ3v) is 3.85. The molecule has 1 N–H and O–H groups in total. The summed E-state index contributed by atoms with van der Waals surface area (Å²) in [4.78, 5) is 16.4. The number of benzene rings is 2. The van der Waals surface area contributed by atoms with E-state index in [2.05, 4.69) is 15.5 Å². The first-order chi connectivity index (χ1) is 11.1. The van der Waals surface area contributed by atoms with Crippen LogP contribution in [0.5, 0.6) is 0 Å². The van der Waals surface area contributed by atoms with Gasteiger partial charge in [0.05, 0.1) is 21.8 Å². The van der Waals surface area contributed by atoms with Gasteiger partial charge in [-0.05, 0) is 24.3 Å². The predicted octanol–water partition coefficient (Wildman–Crippen LogP) is 4.31. The molecule has 1 aromatic heterocycles. The second kappa shape index (κ2) is 6.77. The van der Waals surface area contributed by atoms with Crippen LogP contribution in [0, 0.1) is 0 Å². The largest absolute Gasteiger partial charge is 0.289 e. The highest BCUT2D eigenvalue weighted by Crippen LogP contribution is 2.22. The monoisotopic (exact) mass is 343 g/mol. The van der Waals surface area contributed by atoms with E-state index in [0.29, 0.717) is 15.6 Å². The molecule has 0 unspecified atom stereocenters. The molecule has 0 aliphatic heterocycles. The molecule has 0 radical (unpaired) electrons. The van der Waals surface area contributed by atoms with Gasteiger partial charge < -0.3 is 0 Å². The zero-order valence-corrected chi connectivity index (χ0v) is 13.3. The molecular formula is C17H11Cl2N3O. The first-order valence-corrected chi connectivity index (χ1v) is 7.54. The average Bonchev–Trinajstić information content (AvgIpc) is 2.57. The molecule has 0 spiro atoms. The lowest BCUT2D eigenvalue weighted by atomic mass is 10.2. The van der Waals surface area contributed by atoms with E-state index in [0.717, 1.165) is 10.9 Å². The summed E-state index contributed by atoms with van der Waals surface area (Å²) in [5.74, 6) is -0.407. The number of hydrazone groups is 1. The van der Waals surface area contributed by atoms with Crippen molar-refractivity contribution < 1.29 is 4.79 Å². The van der Waals surface area contributed by atoms with Crippen LogP contribution >= 0.6 is 23.2 Å². The molecule has 3 rings (SSSR count). The van der Waals surface area contributed by atoms with E-state index in [1.54, 1.807) is 24.3 Å². The fourth-order valence-corrected chi connectivity index (χ4v) is 2.53. The minimum atomic E-state index is -0.407. The highest BCUT2D eigenvalue weighted by molar-refractivity contribution is 6.38. The molecule has 0 atom stereocenters. The Morgan fingerprint density at radius 1 is 1.00 bits per heavy atom. The van der Waals surface area contributed by atoms with Gasteiger partial charge in [-0.1, -0.05) is 53.5 Å². The molecule has 0 saturated carbocycles. The molecule has 0 aliphatic carbocycles. The molecule has 6 heteroatoms. The van der Waals surface area contributed by atoms with Crippen LogP contribution in [0.25, 0.3) is 10.9 Å². The van der Waals surface area contributed by atoms with Crippen LogP contribution in [-0.2, 0) is 0 Å². The van der Waals surface area contributed by atoms with Gasteiger partial charge in [0, 0.05) is 10.9 Å². The number of carbonyl (C=O) groups is 1. The van der Waals surface area contributed by atoms with E-state index < -0.39 is 5.91 Å². The number of hydrogen-bond donors (Lipinski definition) is 1. The van der Waals surface area contributed by atoms with Gasteiger partial charge in [-0.2, -0.15) is 5.10 Å². The van der Waals surface area contributed by atoms with E-state index in [-0.39, 0.29) is 5.69 Å². The zero-order chi connectivity index (χ0) is 16.2. The molecule has 0 aliphatic rings. The van der Waals surface area contributed by atoms with Crippen molar-refractivity contribution in [3.63, 3.8) is 0 Å². The van der Waals surface area contributed by atoms with Gasteiger partial charge in [-0.25, -0.2) is 10.4 Å². The summed E-state index contributed by atoms with van der Waals surface area (Å²) < 4.78 is 0. The lowest BCUT2D eigenvalue weighted by molar-refractivity contribution is 0.0950. The molecule has 1 amide bonds. The zero-order valence-electron chi connectivity index (χ0n) is 11.8. The number of nitrogens with one attached hydrogen (secondary N) is 1. The molecular weight excluding hydrogens is 333 g/mol. The predicted molar refractivity (Wildman–Crippen MR) is 93.3 cm³/mol. The highest BCUT2D eigenvalue weighted by atomic mass is 35.5. The number of pyridine rings is 1. The van der Waals surface area contributed by atoms with Gasteiger partial charge in [0.15, 0.2) is 0 Å². The second-order valence-electron chi connectivity index (χ2n) is 4.72. The fraction of sp³-hybridized carbons (Fsp3) is 0. The number of amides is 1. The summed E-state index contributed by atoms with van der Waals surface area (Å²) in [6.07, 6.45) is 1.41. The Labute approximate surface area is 142 Å². The maximum absolute atomic E-state index is 12.1. The summed E-state index contributed by atoms with van der Waals surface area (Å²) in [5.41, 5.74) is 3.99. The van der Waals surface area contributed by atoms with Crippen LogP contribution in [-0.4, -0.2) is 17.1 Å². The molecule has 0 fully saturated rings. The number of halogens is 2. The maximum Gasteiger partial charge on any atom is 0.289 e. The lowest BCUT2D eigenvalue weighted by Crippen LogP contribution is -2.19. The van der Waals surface area contributed by atoms with Crippen molar-refractivity contribution in [2.24, 2.45) is 5.10 Å². The van der Waals surface area contributed by atoms with E-state index in [1.165, 1.54) is 6.21 Å². The topological polar surface area (TPSA) is 54.4 Å². The number of para-hydroxylation sites is 1. The van der Waals surface area contributed by atoms with Gasteiger partial charge in [0.25, 0.3) is 5.91 Å². The van der Waals surface area contributed by atoms with E-state index >= 15 is 0 Å². The SMILES string of the molecule is O=C(NN=Cc1c(Cl)cccc1Cl)c1ccc2ccccc2n1. The van der Waals surface area contributed by atoms with Gasteiger partial charge in [-0.15, -0.1) is 0 Å². The summed E-state index contributed by atoms with van der Waals surface area (Å²) in [7, 11) is 0. The molecule has 3 aromatic rings. The van der Waals surface area contributed by atoms with Crippen molar-refractivity contribution in [3.8, 4) is 0 Å². The Balaban J connectivity index is 1.77. The molecule has 2 aromatic carbocycles. The number of aromatic nitrogens is 1. The first kappa shape index (κ1) is 15.5. The quantitative estimate of drug-likeness (QED) is 0.569. The van der Waals surface area contributed by atoms with Crippen molar-refractivity contribution >= 4 is 46.2 Å². The average molecular weight is 344 g/mol. The number of nitrogens with zero attached hydrogens (tertiary/aromatic N) is 2. The molecule has 1 heterocycles. The second-order valence-corrected chi connectivity index (χ2v) is 5.54. The molecule has 23 heavy (non-hydrogen) atoms. The van der Waals surface area contributed by atoms with Gasteiger partial charge in [0.1, 0.15) is 5.69 Å². The fourth-order valence-electron chi connectivity index (χ4n) is 2.04. The van der Waals surface area contributed by atoms with Crippen LogP contribution in [0.15, 0.2) is 59.7 Å². The Kier molecular flexibility index (Phi) is 4.55. The third-order valence-electron chi connectivity index (χ3n) is 3.19. The van der Waals surface area contributed by atoms with E-state index in [9.17, 15) is 4.79 Å². The smallest absolute Gasteiger partial charge is 0.266 e. The third kappa shape index (κ3) is 3.50. The standard InChI is InChI=1S/C17H11Cl2N3O/c18-13-5-3-6-14(19)12(13)10-20-22-17(23)16-9-8-11-4-1-2-7-15(11)21-16/h1-10H,(H,22,23). The summed E-state index contributed by atoms with van der Waals surface area (Å²) in [6, 6.07) is 16.2. The van der Waals surface area contributed by atoms with Crippen LogP contribution < -0.4 is 5.43 Å². The molecule has 114 valence electrons. The van der Waals surface area contributed by atoms with E-state index in [1.807, 2.05) is 30.3 Å². The summed E-state index contributed by atoms with van der Waals surface area (Å²) in [6.45, 7) is 0. The lowest BCUT2D eigenvalue weighted by Gasteiger charge is -2.03. The van der Waals surface area contributed by atoms with Crippen molar-refractivity contribution in [2.45, 2.75) is 0 Å². The Morgan fingerprint density at radius 3 is 2.52 bits per heavy atom. The van der Waals surface area contributed by atoms with Crippen LogP contribution in [0.1, 0.15) is 16.1 Å². The van der Waals surface area contributed by atoms with Crippen LogP contribution in [0.2, 0.25) is 10.0 Å². The highest BCUT2D eigenvalue weighted by Gasteiger charge is 2.07. The van der Waals surface area contributed by atoms with E-state index in [4.69, 9.17) is 23.2 Å². The number of rotatable bonds is 3. The van der Waals surface area contributed by atoms with Gasteiger partial charge in [-0.3, -0.25) is 4.79 Å². The minimum absolute atomic E-state index is 0.283. The minimum Gasteiger partial charge on any atom is -0.266 e. The number of hydrogen-bond acceptors (Lipinski definition) is 3. The number of fused-ring (bicyclic) bond motifs is 1. The Hall–Kier alpha value is -2.43. The van der Waals surface area contributed by atoms with Crippen molar-refractivity contribution in [1.82, 2.24) is 10.4 Å². The van der Waals surface area contributed by atoms with Gasteiger partial charge in [0.2, 0.25) is 0 Å². The summed E-state index contributed by atoms with van der Waals surface area (Å²) in [5, 5.41) is 5.77. The molecule has 0 bridgehead atoms.